The van der Waals surface area contributed by atoms with Crippen LogP contribution in [0, 0.1) is 0 Å². The molecule has 0 bridgehead atoms. The van der Waals surface area contributed by atoms with Gasteiger partial charge in [-0.25, -0.2) is 4.79 Å². The van der Waals surface area contributed by atoms with Gasteiger partial charge in [0.15, 0.2) is 0 Å². The Morgan fingerprint density at radius 3 is 2.47 bits per heavy atom. The molecule has 32 heavy (non-hydrogen) atoms. The monoisotopic (exact) mass is 436 g/mol. The van der Waals surface area contributed by atoms with E-state index in [1.807, 2.05) is 0 Å². The van der Waals surface area contributed by atoms with Gasteiger partial charge in [-0.05, 0) is 49.2 Å². The minimum absolute atomic E-state index is 0.00296. The number of nitrogens with zero attached hydrogens (tertiary/aromatic N) is 2. The largest absolute Gasteiger partial charge is 0.497 e. The summed E-state index contributed by atoms with van der Waals surface area (Å²) in [6.45, 7) is 0.152. The van der Waals surface area contributed by atoms with Gasteiger partial charge in [-0.15, -0.1) is 0 Å². The zero-order chi connectivity index (χ0) is 22.3. The predicted octanol–water partition coefficient (Wildman–Crippen LogP) is 2.76. The van der Waals surface area contributed by atoms with Gasteiger partial charge in [0, 0.05) is 18.9 Å². The average molecular weight is 436 g/mol. The molecule has 2 amide bonds. The number of benzene rings is 2. The van der Waals surface area contributed by atoms with E-state index in [1.54, 1.807) is 60.5 Å². The topological polar surface area (TPSA) is 85.4 Å². The van der Waals surface area contributed by atoms with Crippen LogP contribution >= 0.6 is 0 Å². The first-order chi connectivity index (χ1) is 15.6. The minimum atomic E-state index is -1.43. The second-order valence-corrected chi connectivity index (χ2v) is 8.13. The van der Waals surface area contributed by atoms with Gasteiger partial charge in [0.1, 0.15) is 24.7 Å². The Kier molecular flexibility index (Phi) is 5.00. The fourth-order valence-corrected chi connectivity index (χ4v) is 4.59. The molecule has 8 heteroatoms. The summed E-state index contributed by atoms with van der Waals surface area (Å²) in [6.07, 6.45) is 2.03. The van der Waals surface area contributed by atoms with Crippen LogP contribution in [0.5, 0.6) is 11.5 Å². The summed E-state index contributed by atoms with van der Waals surface area (Å²) in [5.41, 5.74) is -0.506. The van der Waals surface area contributed by atoms with Crippen molar-refractivity contribution in [3.63, 3.8) is 0 Å². The Morgan fingerprint density at radius 1 is 1.03 bits per heavy atom. The van der Waals surface area contributed by atoms with E-state index in [1.165, 1.54) is 4.90 Å². The summed E-state index contributed by atoms with van der Waals surface area (Å²) < 4.78 is 16.4. The maximum atomic E-state index is 13.5. The van der Waals surface area contributed by atoms with Crippen molar-refractivity contribution in [2.24, 2.45) is 0 Å². The molecule has 0 radical (unpaired) electrons. The third-order valence-electron chi connectivity index (χ3n) is 6.18. The molecule has 166 valence electrons. The highest BCUT2D eigenvalue weighted by Gasteiger charge is 2.64. The summed E-state index contributed by atoms with van der Waals surface area (Å²) in [5, 5.41) is 0. The molecule has 5 rings (SSSR count). The van der Waals surface area contributed by atoms with E-state index in [-0.39, 0.29) is 43.9 Å². The molecule has 0 aromatic heterocycles. The third-order valence-corrected chi connectivity index (χ3v) is 6.18. The fourth-order valence-electron chi connectivity index (χ4n) is 4.59. The highest BCUT2D eigenvalue weighted by Crippen LogP contribution is 2.49. The minimum Gasteiger partial charge on any atom is -0.497 e. The smallest absolute Gasteiger partial charge is 0.353 e. The maximum absolute atomic E-state index is 13.5. The SMILES string of the molecule is COc1ccc(OCCOC(=O)[C@@]23CCC(=O)N2c2ccccc2C(=O)N3C2CC2)cc1. The number of para-hydroxylation sites is 1. The number of carbonyl (C=O) groups excluding carboxylic acids is 3. The number of ether oxygens (including phenoxy) is 3. The molecule has 8 nitrogen and oxygen atoms in total. The van der Waals surface area contributed by atoms with E-state index in [9.17, 15) is 14.4 Å². The first kappa shape index (κ1) is 20.4. The van der Waals surface area contributed by atoms with E-state index in [0.717, 1.165) is 18.6 Å². The first-order valence-corrected chi connectivity index (χ1v) is 10.8. The molecule has 1 saturated heterocycles. The average Bonchev–Trinajstić information content (AvgIpc) is 3.59. The van der Waals surface area contributed by atoms with Crippen molar-refractivity contribution < 1.29 is 28.6 Å². The van der Waals surface area contributed by atoms with Gasteiger partial charge >= 0.3 is 5.97 Å². The zero-order valence-corrected chi connectivity index (χ0v) is 17.8. The van der Waals surface area contributed by atoms with Crippen LogP contribution in [0.2, 0.25) is 0 Å². The highest BCUT2D eigenvalue weighted by molar-refractivity contribution is 6.15. The summed E-state index contributed by atoms with van der Waals surface area (Å²) in [6, 6.07) is 14.0. The molecule has 2 aromatic rings. The number of amides is 2. The number of hydrogen-bond acceptors (Lipinski definition) is 6. The predicted molar refractivity (Wildman–Crippen MR) is 115 cm³/mol. The maximum Gasteiger partial charge on any atom is 0.353 e. The lowest BCUT2D eigenvalue weighted by atomic mass is 9.96. The van der Waals surface area contributed by atoms with E-state index in [4.69, 9.17) is 14.2 Å². The van der Waals surface area contributed by atoms with E-state index < -0.39 is 11.6 Å². The van der Waals surface area contributed by atoms with Crippen LogP contribution in [0.3, 0.4) is 0 Å². The summed E-state index contributed by atoms with van der Waals surface area (Å²) in [4.78, 5) is 42.8. The quantitative estimate of drug-likeness (QED) is 0.490. The molecule has 2 aliphatic heterocycles. The van der Waals surface area contributed by atoms with Crippen LogP contribution in [0.25, 0.3) is 0 Å². The molecule has 1 aliphatic carbocycles. The Balaban J connectivity index is 1.36. The number of fused-ring (bicyclic) bond motifs is 3. The highest BCUT2D eigenvalue weighted by atomic mass is 16.6. The molecule has 2 heterocycles. The number of methoxy groups -OCH3 is 1. The molecule has 1 atom stereocenters. The van der Waals surface area contributed by atoms with Gasteiger partial charge in [0.25, 0.3) is 5.91 Å². The van der Waals surface area contributed by atoms with Crippen molar-refractivity contribution in [1.82, 2.24) is 4.90 Å². The number of rotatable bonds is 7. The lowest BCUT2D eigenvalue weighted by Crippen LogP contribution is -2.69. The van der Waals surface area contributed by atoms with Crippen LogP contribution in [-0.4, -0.2) is 54.7 Å². The fraction of sp³-hybridized carbons (Fsp3) is 0.375. The standard InChI is InChI=1S/C24H24N2O6/c1-30-17-8-10-18(11-9-17)31-14-15-32-23(29)24-13-12-21(27)26(24)20-5-3-2-4-19(20)22(28)25(24)16-6-7-16/h2-5,8-11,16H,6-7,12-15H2,1H3/t24-/m1/s1. The van der Waals surface area contributed by atoms with Gasteiger partial charge in [0.2, 0.25) is 11.6 Å². The molecule has 0 spiro atoms. The van der Waals surface area contributed by atoms with Gasteiger partial charge in [0.05, 0.1) is 18.4 Å². The number of esters is 1. The van der Waals surface area contributed by atoms with Crippen LogP contribution in [-0.2, 0) is 14.3 Å². The summed E-state index contributed by atoms with van der Waals surface area (Å²) in [5.74, 6) is 0.356. The molecule has 3 aliphatic rings. The molecule has 1 saturated carbocycles. The molecule has 0 N–H and O–H groups in total. The van der Waals surface area contributed by atoms with E-state index in [2.05, 4.69) is 0 Å². The summed E-state index contributed by atoms with van der Waals surface area (Å²) in [7, 11) is 1.59. The van der Waals surface area contributed by atoms with Crippen molar-refractivity contribution in [2.45, 2.75) is 37.4 Å². The number of hydrogen-bond donors (Lipinski definition) is 0. The van der Waals surface area contributed by atoms with Gasteiger partial charge in [-0.2, -0.15) is 0 Å². The Bertz CT molecular complexity index is 1060. The van der Waals surface area contributed by atoms with Crippen LogP contribution in [0.1, 0.15) is 36.0 Å². The molecule has 0 unspecified atom stereocenters. The van der Waals surface area contributed by atoms with Crippen molar-refractivity contribution in [1.29, 1.82) is 0 Å². The molecular formula is C24H24N2O6. The van der Waals surface area contributed by atoms with Crippen molar-refractivity contribution in [3.05, 3.63) is 54.1 Å². The lowest BCUT2D eigenvalue weighted by Gasteiger charge is -2.48. The molecular weight excluding hydrogens is 412 g/mol. The molecule has 2 fully saturated rings. The zero-order valence-electron chi connectivity index (χ0n) is 17.8. The van der Waals surface area contributed by atoms with E-state index >= 15 is 0 Å². The Morgan fingerprint density at radius 2 is 1.75 bits per heavy atom. The third kappa shape index (κ3) is 3.18. The number of carbonyl (C=O) groups is 3. The Labute approximate surface area is 185 Å². The van der Waals surface area contributed by atoms with E-state index in [0.29, 0.717) is 17.0 Å². The van der Waals surface area contributed by atoms with Crippen molar-refractivity contribution in [2.75, 3.05) is 25.2 Å². The normalized spacial score (nSPS) is 21.8. The first-order valence-electron chi connectivity index (χ1n) is 10.8. The molecule has 2 aromatic carbocycles. The van der Waals surface area contributed by atoms with Crippen molar-refractivity contribution in [3.8, 4) is 11.5 Å². The second-order valence-electron chi connectivity index (χ2n) is 8.13. The van der Waals surface area contributed by atoms with Crippen LogP contribution < -0.4 is 14.4 Å². The van der Waals surface area contributed by atoms with Gasteiger partial charge < -0.3 is 19.1 Å². The number of anilines is 1. The van der Waals surface area contributed by atoms with Gasteiger partial charge in [-0.3, -0.25) is 14.5 Å². The lowest BCUT2D eigenvalue weighted by molar-refractivity contribution is -0.158. The van der Waals surface area contributed by atoms with Crippen LogP contribution in [0.4, 0.5) is 5.69 Å². The Hall–Kier alpha value is -3.55. The van der Waals surface area contributed by atoms with Gasteiger partial charge in [-0.1, -0.05) is 12.1 Å². The van der Waals surface area contributed by atoms with Crippen LogP contribution in [0.15, 0.2) is 48.5 Å². The second kappa shape index (κ2) is 7.85. The van der Waals surface area contributed by atoms with Crippen molar-refractivity contribution >= 4 is 23.5 Å². The summed E-state index contributed by atoms with van der Waals surface area (Å²) >= 11 is 0.